The number of imide groups is 1. The normalized spacial score (nSPS) is 13.4. The van der Waals surface area contributed by atoms with Crippen LogP contribution in [-0.2, 0) is 0 Å². The Labute approximate surface area is 171 Å². The van der Waals surface area contributed by atoms with Gasteiger partial charge in [0.15, 0.2) is 5.78 Å². The van der Waals surface area contributed by atoms with Crippen molar-refractivity contribution in [1.82, 2.24) is 4.90 Å². The lowest BCUT2D eigenvalue weighted by molar-refractivity contribution is 0.0648. The van der Waals surface area contributed by atoms with Crippen LogP contribution in [0.2, 0.25) is 5.02 Å². The number of carbonyl (C=O) groups excluding carboxylic acids is 3. The molecule has 29 heavy (non-hydrogen) atoms. The number of hydrogen-bond acceptors (Lipinski definition) is 3. The van der Waals surface area contributed by atoms with E-state index in [0.717, 1.165) is 15.7 Å². The van der Waals surface area contributed by atoms with Crippen LogP contribution < -0.4 is 0 Å². The van der Waals surface area contributed by atoms with E-state index >= 15 is 0 Å². The summed E-state index contributed by atoms with van der Waals surface area (Å²) in [5, 5.41) is 3.36. The van der Waals surface area contributed by atoms with Gasteiger partial charge in [0.25, 0.3) is 11.8 Å². The van der Waals surface area contributed by atoms with Gasteiger partial charge in [-0.1, -0.05) is 48.0 Å². The van der Waals surface area contributed by atoms with Crippen molar-refractivity contribution in [3.8, 4) is 0 Å². The SMILES string of the molecule is CN1C(=O)c2cccc3c2c(c(C(=O)c2ccc(Cl)cc2)c2ccccc23)C1=O. The third kappa shape index (κ3) is 2.43. The summed E-state index contributed by atoms with van der Waals surface area (Å²) in [6.45, 7) is 0. The van der Waals surface area contributed by atoms with E-state index < -0.39 is 5.91 Å². The van der Waals surface area contributed by atoms with E-state index in [0.29, 0.717) is 32.5 Å². The van der Waals surface area contributed by atoms with Gasteiger partial charge in [-0.25, -0.2) is 0 Å². The van der Waals surface area contributed by atoms with E-state index in [2.05, 4.69) is 0 Å². The second kappa shape index (κ2) is 6.26. The molecular weight excluding hydrogens is 386 g/mol. The molecule has 1 heterocycles. The molecule has 0 unspecified atom stereocenters. The van der Waals surface area contributed by atoms with Gasteiger partial charge >= 0.3 is 0 Å². The highest BCUT2D eigenvalue weighted by Crippen LogP contribution is 2.39. The zero-order chi connectivity index (χ0) is 20.3. The first-order valence-corrected chi connectivity index (χ1v) is 9.47. The molecule has 1 aliphatic heterocycles. The molecule has 0 atom stereocenters. The second-order valence-corrected chi connectivity index (χ2v) is 7.47. The van der Waals surface area contributed by atoms with Crippen molar-refractivity contribution in [2.45, 2.75) is 0 Å². The summed E-state index contributed by atoms with van der Waals surface area (Å²) >= 11 is 5.97. The maximum atomic E-state index is 13.6. The van der Waals surface area contributed by atoms with Gasteiger partial charge in [-0.15, -0.1) is 0 Å². The molecule has 0 spiro atoms. The summed E-state index contributed by atoms with van der Waals surface area (Å²) < 4.78 is 0. The molecule has 0 fully saturated rings. The minimum atomic E-state index is -0.471. The Bertz CT molecular complexity index is 1370. The Morgan fingerprint density at radius 2 is 1.45 bits per heavy atom. The van der Waals surface area contributed by atoms with Crippen LogP contribution in [-0.4, -0.2) is 29.5 Å². The van der Waals surface area contributed by atoms with Crippen molar-refractivity contribution in [1.29, 1.82) is 0 Å². The van der Waals surface area contributed by atoms with Crippen molar-refractivity contribution in [3.63, 3.8) is 0 Å². The molecule has 0 saturated carbocycles. The van der Waals surface area contributed by atoms with Crippen LogP contribution in [0.5, 0.6) is 0 Å². The fourth-order valence-electron chi connectivity index (χ4n) is 4.06. The molecule has 1 aliphatic rings. The molecule has 0 radical (unpaired) electrons. The molecule has 5 rings (SSSR count). The Hall–Kier alpha value is -3.50. The maximum Gasteiger partial charge on any atom is 0.261 e. The summed E-state index contributed by atoms with van der Waals surface area (Å²) in [7, 11) is 1.44. The van der Waals surface area contributed by atoms with Gasteiger partial charge in [0, 0.05) is 34.1 Å². The van der Waals surface area contributed by atoms with E-state index in [1.807, 2.05) is 30.3 Å². The highest BCUT2D eigenvalue weighted by atomic mass is 35.5. The number of fused-ring (bicyclic) bond motifs is 2. The van der Waals surface area contributed by atoms with Gasteiger partial charge in [-0.05, 0) is 46.5 Å². The lowest BCUT2D eigenvalue weighted by Gasteiger charge is -2.26. The highest BCUT2D eigenvalue weighted by Gasteiger charge is 2.35. The van der Waals surface area contributed by atoms with Gasteiger partial charge in [0.1, 0.15) is 0 Å². The first-order chi connectivity index (χ1) is 14.0. The number of hydrogen-bond donors (Lipinski definition) is 0. The molecular formula is C24H14ClNO3. The number of nitrogens with zero attached hydrogens (tertiary/aromatic N) is 1. The minimum absolute atomic E-state index is 0.274. The van der Waals surface area contributed by atoms with Crippen molar-refractivity contribution in [3.05, 3.63) is 94.0 Å². The predicted octanol–water partition coefficient (Wildman–Crippen LogP) is 5.10. The fourth-order valence-corrected chi connectivity index (χ4v) is 4.18. The Balaban J connectivity index is 1.98. The van der Waals surface area contributed by atoms with Crippen LogP contribution in [0.15, 0.2) is 66.7 Å². The lowest BCUT2D eigenvalue weighted by Crippen LogP contribution is -2.38. The molecule has 0 aliphatic carbocycles. The monoisotopic (exact) mass is 399 g/mol. The second-order valence-electron chi connectivity index (χ2n) is 7.03. The van der Waals surface area contributed by atoms with Gasteiger partial charge < -0.3 is 0 Å². The number of carbonyl (C=O) groups is 3. The largest absolute Gasteiger partial charge is 0.289 e. The summed E-state index contributed by atoms with van der Waals surface area (Å²) in [6.07, 6.45) is 0. The van der Waals surface area contributed by atoms with E-state index in [9.17, 15) is 14.4 Å². The Morgan fingerprint density at radius 3 is 2.17 bits per heavy atom. The number of amides is 2. The molecule has 0 N–H and O–H groups in total. The smallest absolute Gasteiger partial charge is 0.261 e. The fraction of sp³-hybridized carbons (Fsp3) is 0.0417. The number of benzene rings is 4. The van der Waals surface area contributed by atoms with Crippen LogP contribution in [0, 0.1) is 0 Å². The molecule has 0 aromatic heterocycles. The topological polar surface area (TPSA) is 54.5 Å². The van der Waals surface area contributed by atoms with Crippen LogP contribution in [0.4, 0.5) is 0 Å². The summed E-state index contributed by atoms with van der Waals surface area (Å²) in [5.74, 6) is -1.12. The number of rotatable bonds is 2. The first kappa shape index (κ1) is 17.6. The predicted molar refractivity (Wildman–Crippen MR) is 113 cm³/mol. The average Bonchev–Trinajstić information content (AvgIpc) is 2.75. The van der Waals surface area contributed by atoms with E-state index in [1.165, 1.54) is 7.05 Å². The molecule has 4 aromatic rings. The Kier molecular flexibility index (Phi) is 3.80. The average molecular weight is 400 g/mol. The Morgan fingerprint density at radius 1 is 0.793 bits per heavy atom. The van der Waals surface area contributed by atoms with Gasteiger partial charge in [0.05, 0.1) is 5.56 Å². The third-order valence-corrected chi connectivity index (χ3v) is 5.69. The van der Waals surface area contributed by atoms with Crippen LogP contribution in [0.3, 0.4) is 0 Å². The molecule has 2 amide bonds. The lowest BCUT2D eigenvalue weighted by atomic mass is 9.83. The van der Waals surface area contributed by atoms with E-state index in [-0.39, 0.29) is 17.3 Å². The van der Waals surface area contributed by atoms with E-state index in [1.54, 1.807) is 36.4 Å². The van der Waals surface area contributed by atoms with Gasteiger partial charge in [-0.2, -0.15) is 0 Å². The highest BCUT2D eigenvalue weighted by molar-refractivity contribution is 6.35. The van der Waals surface area contributed by atoms with Crippen molar-refractivity contribution in [2.24, 2.45) is 0 Å². The van der Waals surface area contributed by atoms with Crippen molar-refractivity contribution in [2.75, 3.05) is 7.05 Å². The van der Waals surface area contributed by atoms with Gasteiger partial charge in [-0.3, -0.25) is 19.3 Å². The number of halogens is 1. The van der Waals surface area contributed by atoms with Crippen molar-refractivity contribution < 1.29 is 14.4 Å². The molecule has 4 nitrogen and oxygen atoms in total. The zero-order valence-electron chi connectivity index (χ0n) is 15.4. The summed E-state index contributed by atoms with van der Waals surface area (Å²) in [4.78, 5) is 40.6. The van der Waals surface area contributed by atoms with Crippen LogP contribution in [0.1, 0.15) is 36.6 Å². The molecule has 5 heteroatoms. The molecule has 0 bridgehead atoms. The third-order valence-electron chi connectivity index (χ3n) is 5.44. The van der Waals surface area contributed by atoms with Crippen LogP contribution in [0.25, 0.3) is 21.5 Å². The molecule has 0 saturated heterocycles. The minimum Gasteiger partial charge on any atom is -0.289 e. The number of ketones is 1. The molecule has 140 valence electrons. The summed E-state index contributed by atoms with van der Waals surface area (Å²) in [6, 6.07) is 19.4. The standard InChI is InChI=1S/C24H14ClNO3/c1-26-23(28)18-8-4-7-16-15-5-2-3-6-17(15)20(21(19(16)18)24(26)29)22(27)13-9-11-14(25)12-10-13/h2-12H,1H3. The maximum absolute atomic E-state index is 13.6. The zero-order valence-corrected chi connectivity index (χ0v) is 16.2. The summed E-state index contributed by atoms with van der Waals surface area (Å²) in [5.41, 5.74) is 1.44. The van der Waals surface area contributed by atoms with E-state index in [4.69, 9.17) is 11.6 Å². The van der Waals surface area contributed by atoms with Crippen LogP contribution >= 0.6 is 11.6 Å². The van der Waals surface area contributed by atoms with Gasteiger partial charge in [0.2, 0.25) is 0 Å². The quantitative estimate of drug-likeness (QED) is 0.267. The first-order valence-electron chi connectivity index (χ1n) is 9.09. The van der Waals surface area contributed by atoms with Crippen molar-refractivity contribution >= 4 is 50.7 Å². The molecule has 4 aromatic carbocycles.